The van der Waals surface area contributed by atoms with Crippen molar-refractivity contribution in [1.29, 1.82) is 0 Å². The Morgan fingerprint density at radius 3 is 2.50 bits per heavy atom. The number of sulfone groups is 1. The molecule has 0 saturated carbocycles. The van der Waals surface area contributed by atoms with Crippen molar-refractivity contribution in [1.82, 2.24) is 0 Å². The molecule has 0 aromatic heterocycles. The van der Waals surface area contributed by atoms with Crippen molar-refractivity contribution in [2.45, 2.75) is 39.2 Å². The van der Waals surface area contributed by atoms with Crippen LogP contribution in [0.5, 0.6) is 0 Å². The van der Waals surface area contributed by atoms with Crippen molar-refractivity contribution in [2.75, 3.05) is 18.1 Å². The lowest BCUT2D eigenvalue weighted by Gasteiger charge is -2.05. The lowest BCUT2D eigenvalue weighted by molar-refractivity contribution is -0.139. The Kier molecular flexibility index (Phi) is 7.33. The monoisotopic (exact) mass is 251 g/mol. The number of esters is 1. The zero-order chi connectivity index (χ0) is 12.6. The predicted octanol–water partition coefficient (Wildman–Crippen LogP) is 0.482. The molecular weight excluding hydrogens is 230 g/mol. The minimum absolute atomic E-state index is 0.0263. The average Bonchev–Trinajstić information content (AvgIpc) is 2.11. The Morgan fingerprint density at radius 2 is 2.00 bits per heavy atom. The zero-order valence-electron chi connectivity index (χ0n) is 9.94. The summed E-state index contributed by atoms with van der Waals surface area (Å²) in [7, 11) is -3.32. The number of unbranched alkanes of at least 4 members (excludes halogenated alkanes) is 1. The molecule has 0 aromatic carbocycles. The van der Waals surface area contributed by atoms with Crippen LogP contribution in [0.1, 0.15) is 33.1 Å². The first-order valence-electron chi connectivity index (χ1n) is 5.49. The summed E-state index contributed by atoms with van der Waals surface area (Å²) in [6, 6.07) is 0.0905. The van der Waals surface area contributed by atoms with E-state index < -0.39 is 21.6 Å². The lowest BCUT2D eigenvalue weighted by atomic mass is 10.2. The van der Waals surface area contributed by atoms with Crippen LogP contribution in [0.3, 0.4) is 0 Å². The molecule has 5 nitrogen and oxygen atoms in total. The normalized spacial score (nSPS) is 13.4. The van der Waals surface area contributed by atoms with Gasteiger partial charge in [0.05, 0.1) is 12.4 Å². The third-order valence-electron chi connectivity index (χ3n) is 2.01. The second-order valence-corrected chi connectivity index (χ2v) is 6.05. The number of carbonyl (C=O) groups is 1. The highest BCUT2D eigenvalue weighted by Crippen LogP contribution is 2.03. The average molecular weight is 251 g/mol. The molecule has 1 atom stereocenters. The predicted molar refractivity (Wildman–Crippen MR) is 62.8 cm³/mol. The Labute approximate surface area is 97.3 Å². The van der Waals surface area contributed by atoms with Crippen molar-refractivity contribution in [3.05, 3.63) is 0 Å². The quantitative estimate of drug-likeness (QED) is 0.501. The molecule has 96 valence electrons. The van der Waals surface area contributed by atoms with Crippen molar-refractivity contribution >= 4 is 15.8 Å². The Bertz CT molecular complexity index is 298. The third-order valence-corrected chi connectivity index (χ3v) is 3.59. The molecule has 0 bridgehead atoms. The molecule has 0 aliphatic heterocycles. The second kappa shape index (κ2) is 7.62. The summed E-state index contributed by atoms with van der Waals surface area (Å²) in [5, 5.41) is 0. The SMILES string of the molecule is CCOC(=O)CS(=O)(=O)CCCCC(C)N. The maximum atomic E-state index is 11.4. The molecule has 0 radical (unpaired) electrons. The van der Waals surface area contributed by atoms with Gasteiger partial charge < -0.3 is 10.5 Å². The molecule has 0 saturated heterocycles. The van der Waals surface area contributed by atoms with Crippen LogP contribution in [0.25, 0.3) is 0 Å². The van der Waals surface area contributed by atoms with Gasteiger partial charge in [-0.05, 0) is 26.7 Å². The first-order chi connectivity index (χ1) is 7.37. The highest BCUT2D eigenvalue weighted by atomic mass is 32.2. The maximum absolute atomic E-state index is 11.4. The van der Waals surface area contributed by atoms with E-state index in [9.17, 15) is 13.2 Å². The molecule has 16 heavy (non-hydrogen) atoms. The summed E-state index contributed by atoms with van der Waals surface area (Å²) in [4.78, 5) is 11.0. The van der Waals surface area contributed by atoms with Crippen LogP contribution in [0.15, 0.2) is 0 Å². The number of carbonyl (C=O) groups excluding carboxylic acids is 1. The molecule has 0 rings (SSSR count). The molecule has 6 heteroatoms. The standard InChI is InChI=1S/C10H21NO4S/c1-3-15-10(12)8-16(13,14)7-5-4-6-9(2)11/h9H,3-8,11H2,1-2H3. The molecule has 0 amide bonds. The molecule has 0 aliphatic carbocycles. The van der Waals surface area contributed by atoms with Crippen molar-refractivity contribution < 1.29 is 17.9 Å². The topological polar surface area (TPSA) is 86.5 Å². The van der Waals surface area contributed by atoms with Gasteiger partial charge in [0.2, 0.25) is 0 Å². The number of rotatable bonds is 8. The number of hydrogen-bond acceptors (Lipinski definition) is 5. The van der Waals surface area contributed by atoms with E-state index >= 15 is 0 Å². The number of hydrogen-bond donors (Lipinski definition) is 1. The van der Waals surface area contributed by atoms with Gasteiger partial charge in [-0.1, -0.05) is 6.42 Å². The smallest absolute Gasteiger partial charge is 0.321 e. The molecular formula is C10H21NO4S. The van der Waals surface area contributed by atoms with Gasteiger partial charge in [-0.3, -0.25) is 4.79 Å². The van der Waals surface area contributed by atoms with Crippen LogP contribution in [0.4, 0.5) is 0 Å². The Balaban J connectivity index is 3.83. The van der Waals surface area contributed by atoms with Gasteiger partial charge in [0.25, 0.3) is 0 Å². The van der Waals surface area contributed by atoms with Gasteiger partial charge in [-0.2, -0.15) is 0 Å². The molecule has 0 aliphatic rings. The van der Waals surface area contributed by atoms with E-state index in [4.69, 9.17) is 5.73 Å². The van der Waals surface area contributed by atoms with Crippen molar-refractivity contribution in [3.8, 4) is 0 Å². The molecule has 0 fully saturated rings. The molecule has 2 N–H and O–H groups in total. The summed E-state index contributed by atoms with van der Waals surface area (Å²) in [6.07, 6.45) is 2.11. The fraction of sp³-hybridized carbons (Fsp3) is 0.900. The highest BCUT2D eigenvalue weighted by molar-refractivity contribution is 7.92. The van der Waals surface area contributed by atoms with Crippen LogP contribution < -0.4 is 5.73 Å². The number of nitrogens with two attached hydrogens (primary N) is 1. The fourth-order valence-electron chi connectivity index (χ4n) is 1.24. The third kappa shape index (κ3) is 8.67. The summed E-state index contributed by atoms with van der Waals surface area (Å²) in [5.74, 6) is -1.16. The molecule has 1 unspecified atom stereocenters. The molecule has 0 aromatic rings. The largest absolute Gasteiger partial charge is 0.465 e. The minimum Gasteiger partial charge on any atom is -0.465 e. The van der Waals surface area contributed by atoms with E-state index in [0.29, 0.717) is 6.42 Å². The van der Waals surface area contributed by atoms with Crippen molar-refractivity contribution in [2.24, 2.45) is 5.73 Å². The van der Waals surface area contributed by atoms with Crippen LogP contribution in [-0.4, -0.2) is 38.5 Å². The highest BCUT2D eigenvalue weighted by Gasteiger charge is 2.16. The van der Waals surface area contributed by atoms with E-state index in [-0.39, 0.29) is 18.4 Å². The van der Waals surface area contributed by atoms with Crippen LogP contribution in [-0.2, 0) is 19.4 Å². The number of ether oxygens (including phenoxy) is 1. The van der Waals surface area contributed by atoms with Crippen molar-refractivity contribution in [3.63, 3.8) is 0 Å². The van der Waals surface area contributed by atoms with Gasteiger partial charge in [0, 0.05) is 6.04 Å². The second-order valence-electron chi connectivity index (χ2n) is 3.87. The summed E-state index contributed by atoms with van der Waals surface area (Å²) in [5.41, 5.74) is 5.54. The molecule has 0 spiro atoms. The van der Waals surface area contributed by atoms with E-state index in [2.05, 4.69) is 4.74 Å². The van der Waals surface area contributed by atoms with Gasteiger partial charge in [0.15, 0.2) is 9.84 Å². The summed E-state index contributed by atoms with van der Waals surface area (Å²) >= 11 is 0. The van der Waals surface area contributed by atoms with Gasteiger partial charge in [-0.15, -0.1) is 0 Å². The summed E-state index contributed by atoms with van der Waals surface area (Å²) < 4.78 is 27.4. The summed E-state index contributed by atoms with van der Waals surface area (Å²) in [6.45, 7) is 3.74. The first kappa shape index (κ1) is 15.4. The zero-order valence-corrected chi connectivity index (χ0v) is 10.8. The van der Waals surface area contributed by atoms with Crippen LogP contribution in [0.2, 0.25) is 0 Å². The van der Waals surface area contributed by atoms with E-state index in [1.54, 1.807) is 6.92 Å². The Morgan fingerprint density at radius 1 is 1.38 bits per heavy atom. The van der Waals surface area contributed by atoms with Crippen LogP contribution in [0, 0.1) is 0 Å². The van der Waals surface area contributed by atoms with Gasteiger partial charge in [-0.25, -0.2) is 8.42 Å². The van der Waals surface area contributed by atoms with E-state index in [1.165, 1.54) is 0 Å². The van der Waals surface area contributed by atoms with Gasteiger partial charge in [0.1, 0.15) is 5.75 Å². The van der Waals surface area contributed by atoms with Crippen LogP contribution >= 0.6 is 0 Å². The fourth-order valence-corrected chi connectivity index (χ4v) is 2.47. The first-order valence-corrected chi connectivity index (χ1v) is 7.31. The minimum atomic E-state index is -3.32. The maximum Gasteiger partial charge on any atom is 0.321 e. The lowest BCUT2D eigenvalue weighted by Crippen LogP contribution is -2.21. The van der Waals surface area contributed by atoms with E-state index in [1.807, 2.05) is 6.92 Å². The van der Waals surface area contributed by atoms with Gasteiger partial charge >= 0.3 is 5.97 Å². The van der Waals surface area contributed by atoms with E-state index in [0.717, 1.165) is 12.8 Å². The molecule has 0 heterocycles. The Hall–Kier alpha value is -0.620.